The number of halogens is 2. The predicted octanol–water partition coefficient (Wildman–Crippen LogP) is 5.66. The van der Waals surface area contributed by atoms with Gasteiger partial charge < -0.3 is 24.3 Å². The second-order valence-electron chi connectivity index (χ2n) is 12.9. The fourth-order valence-corrected chi connectivity index (χ4v) is 7.50. The second-order valence-corrected chi connectivity index (χ2v) is 13.3. The highest BCUT2D eigenvalue weighted by Crippen LogP contribution is 2.37. The molecule has 10 nitrogen and oxygen atoms in total. The number of benzene rings is 2. The van der Waals surface area contributed by atoms with Crippen molar-refractivity contribution in [3.05, 3.63) is 88.6 Å². The maximum Gasteiger partial charge on any atom is 0.318 e. The molecule has 5 heterocycles. The lowest BCUT2D eigenvalue weighted by Gasteiger charge is -2.42. The highest BCUT2D eigenvalue weighted by atomic mass is 35.5. The molecule has 7 rings (SSSR count). The molecule has 252 valence electrons. The number of carbonyl (C=O) groups excluding carboxylic acids is 1. The van der Waals surface area contributed by atoms with Gasteiger partial charge in [0.1, 0.15) is 12.4 Å². The summed E-state index contributed by atoms with van der Waals surface area (Å²) in [5.74, 6) is -0.850. The van der Waals surface area contributed by atoms with Crippen molar-refractivity contribution in [3.63, 3.8) is 0 Å². The van der Waals surface area contributed by atoms with E-state index < -0.39 is 17.8 Å². The van der Waals surface area contributed by atoms with Crippen LogP contribution in [-0.2, 0) is 17.8 Å². The van der Waals surface area contributed by atoms with Crippen LogP contribution in [0.15, 0.2) is 66.8 Å². The number of hydrogen-bond donors (Lipinski definition) is 0. The molecule has 0 saturated carbocycles. The van der Waals surface area contributed by atoms with Crippen LogP contribution < -0.4 is 14.5 Å². The molecule has 2 fully saturated rings. The lowest BCUT2D eigenvalue weighted by molar-refractivity contribution is -0.131. The standard InChI is InChI=1S/C37H38ClFN8O2/c1-44-17-4-7-28(44)24-49-37-42-32-23-45(33-9-3-6-26-5-2-8-30(38)34(26)33)18-13-29(32)35(43-37)46-19-20-47(27(22-46)10-14-40)36(48)31(39)21-25-11-15-41-16-12-25/h2-3,5-6,8-9,11-12,15-16,21,27-28H,4,7,10,13,17-20,22-24H2,1H3/b31-21-/t27-,28-/m0/s1. The Hall–Kier alpha value is -4.79. The molecule has 3 aliphatic heterocycles. The van der Waals surface area contributed by atoms with E-state index in [0.29, 0.717) is 55.3 Å². The molecular weight excluding hydrogens is 643 g/mol. The van der Waals surface area contributed by atoms with Gasteiger partial charge in [-0.2, -0.15) is 15.2 Å². The fourth-order valence-electron chi connectivity index (χ4n) is 7.22. The number of likely N-dealkylation sites (tertiary alicyclic amines) is 1. The topological polar surface area (TPSA) is 102 Å². The number of likely N-dealkylation sites (N-methyl/N-ethyl adjacent to an activating group) is 1. The zero-order valence-corrected chi connectivity index (χ0v) is 28.2. The molecule has 2 saturated heterocycles. The summed E-state index contributed by atoms with van der Waals surface area (Å²) in [6.07, 6.45) is 7.23. The van der Waals surface area contributed by atoms with Crippen molar-refractivity contribution in [2.75, 3.05) is 56.2 Å². The highest BCUT2D eigenvalue weighted by molar-refractivity contribution is 6.36. The summed E-state index contributed by atoms with van der Waals surface area (Å²) >= 11 is 6.72. The van der Waals surface area contributed by atoms with Crippen molar-refractivity contribution in [2.45, 2.75) is 44.3 Å². The largest absolute Gasteiger partial charge is 0.462 e. The van der Waals surface area contributed by atoms with Gasteiger partial charge in [0, 0.05) is 61.3 Å². The monoisotopic (exact) mass is 680 g/mol. The van der Waals surface area contributed by atoms with E-state index >= 15 is 4.39 Å². The molecule has 2 aromatic heterocycles. The number of nitrogens with zero attached hydrogens (tertiary/aromatic N) is 8. The van der Waals surface area contributed by atoms with E-state index in [4.69, 9.17) is 26.3 Å². The lowest BCUT2D eigenvalue weighted by Crippen LogP contribution is -2.56. The Balaban J connectivity index is 1.18. The Kier molecular flexibility index (Phi) is 9.60. The van der Waals surface area contributed by atoms with E-state index in [1.165, 1.54) is 11.0 Å². The number of anilines is 2. The van der Waals surface area contributed by atoms with Crippen LogP contribution in [0.4, 0.5) is 15.9 Å². The van der Waals surface area contributed by atoms with Crippen LogP contribution in [0.1, 0.15) is 36.1 Å². The molecule has 1 amide bonds. The van der Waals surface area contributed by atoms with Crippen molar-refractivity contribution in [1.82, 2.24) is 24.8 Å². The molecule has 0 bridgehead atoms. The number of rotatable bonds is 8. The summed E-state index contributed by atoms with van der Waals surface area (Å²) in [6.45, 7) is 3.79. The Labute approximate surface area is 290 Å². The van der Waals surface area contributed by atoms with Crippen LogP contribution in [0, 0.1) is 11.3 Å². The van der Waals surface area contributed by atoms with Crippen molar-refractivity contribution in [2.24, 2.45) is 0 Å². The lowest BCUT2D eigenvalue weighted by atomic mass is 10.0. The number of carbonyl (C=O) groups is 1. The van der Waals surface area contributed by atoms with E-state index in [9.17, 15) is 10.1 Å². The Bertz CT molecular complexity index is 1910. The van der Waals surface area contributed by atoms with Crippen molar-refractivity contribution >= 4 is 45.9 Å². The minimum Gasteiger partial charge on any atom is -0.462 e. The van der Waals surface area contributed by atoms with Gasteiger partial charge in [-0.05, 0) is 74.1 Å². The summed E-state index contributed by atoms with van der Waals surface area (Å²) < 4.78 is 21.5. The van der Waals surface area contributed by atoms with E-state index in [1.54, 1.807) is 24.5 Å². The van der Waals surface area contributed by atoms with Crippen molar-refractivity contribution in [1.29, 1.82) is 5.26 Å². The van der Waals surface area contributed by atoms with Gasteiger partial charge in [-0.15, -0.1) is 0 Å². The minimum absolute atomic E-state index is 0.0606. The first-order valence-electron chi connectivity index (χ1n) is 16.7. The molecule has 12 heteroatoms. The molecular formula is C37H38ClFN8O2. The molecule has 0 radical (unpaired) electrons. The number of nitriles is 1. The molecule has 2 atom stereocenters. The first kappa shape index (κ1) is 32.7. The van der Waals surface area contributed by atoms with Gasteiger partial charge in [-0.3, -0.25) is 9.78 Å². The maximum atomic E-state index is 15.2. The van der Waals surface area contributed by atoms with Gasteiger partial charge in [0.2, 0.25) is 0 Å². The van der Waals surface area contributed by atoms with Gasteiger partial charge in [-0.1, -0.05) is 35.9 Å². The molecule has 0 aliphatic carbocycles. The normalized spacial score (nSPS) is 20.0. The summed E-state index contributed by atoms with van der Waals surface area (Å²) in [4.78, 5) is 35.4. The zero-order chi connectivity index (χ0) is 33.9. The van der Waals surface area contributed by atoms with Crippen molar-refractivity contribution in [3.8, 4) is 12.1 Å². The Morgan fingerprint density at radius 3 is 2.65 bits per heavy atom. The van der Waals surface area contributed by atoms with Gasteiger partial charge >= 0.3 is 6.01 Å². The molecule has 4 aromatic rings. The maximum absolute atomic E-state index is 15.2. The van der Waals surface area contributed by atoms with Crippen LogP contribution in [0.5, 0.6) is 6.01 Å². The predicted molar refractivity (Wildman–Crippen MR) is 188 cm³/mol. The van der Waals surface area contributed by atoms with Gasteiger partial charge in [0.25, 0.3) is 5.91 Å². The number of pyridine rings is 1. The SMILES string of the molecule is CN1CCC[C@H]1COc1nc2c(c(N3CCN(C(=O)/C(F)=C/c4ccncc4)[C@@H](CC#N)C3)n1)CCN(c1cccc3cccc(Cl)c13)C2. The number of fused-ring (bicyclic) bond motifs is 2. The minimum atomic E-state index is -0.872. The molecule has 49 heavy (non-hydrogen) atoms. The number of piperazine rings is 1. The molecule has 2 aromatic carbocycles. The summed E-state index contributed by atoms with van der Waals surface area (Å²) in [5, 5.41) is 12.5. The number of aromatic nitrogens is 3. The van der Waals surface area contributed by atoms with E-state index in [1.807, 2.05) is 18.2 Å². The average Bonchev–Trinajstić information content (AvgIpc) is 3.54. The molecule has 3 aliphatic rings. The molecule has 0 N–H and O–H groups in total. The van der Waals surface area contributed by atoms with Gasteiger partial charge in [-0.25, -0.2) is 4.39 Å². The third-order valence-electron chi connectivity index (χ3n) is 9.85. The van der Waals surface area contributed by atoms with Gasteiger partial charge in [0.05, 0.1) is 35.8 Å². The van der Waals surface area contributed by atoms with Crippen LogP contribution in [-0.4, -0.2) is 89.1 Å². The Morgan fingerprint density at radius 1 is 1.06 bits per heavy atom. The molecule has 0 spiro atoms. The van der Waals surface area contributed by atoms with Gasteiger partial charge in [0.15, 0.2) is 5.83 Å². The van der Waals surface area contributed by atoms with Crippen LogP contribution in [0.2, 0.25) is 5.02 Å². The average molecular weight is 681 g/mol. The zero-order valence-electron chi connectivity index (χ0n) is 27.4. The Morgan fingerprint density at radius 2 is 1.88 bits per heavy atom. The van der Waals surface area contributed by atoms with Crippen LogP contribution in [0.25, 0.3) is 16.8 Å². The summed E-state index contributed by atoms with van der Waals surface area (Å²) in [7, 11) is 2.11. The van der Waals surface area contributed by atoms with E-state index in [0.717, 1.165) is 59.5 Å². The van der Waals surface area contributed by atoms with E-state index in [-0.39, 0.29) is 13.0 Å². The van der Waals surface area contributed by atoms with Crippen LogP contribution in [0.3, 0.4) is 0 Å². The van der Waals surface area contributed by atoms with Crippen LogP contribution >= 0.6 is 11.6 Å². The smallest absolute Gasteiger partial charge is 0.318 e. The second kappa shape index (κ2) is 14.4. The summed E-state index contributed by atoms with van der Waals surface area (Å²) in [5.41, 5.74) is 3.48. The summed E-state index contributed by atoms with van der Waals surface area (Å²) in [6, 6.07) is 17.7. The first-order valence-corrected chi connectivity index (χ1v) is 17.1. The highest BCUT2D eigenvalue weighted by Gasteiger charge is 2.35. The fraction of sp³-hybridized carbons (Fsp3) is 0.378. The quantitative estimate of drug-likeness (QED) is 0.218. The number of hydrogen-bond acceptors (Lipinski definition) is 9. The number of amides is 1. The third kappa shape index (κ3) is 6.89. The van der Waals surface area contributed by atoms with Crippen molar-refractivity contribution < 1.29 is 13.9 Å². The third-order valence-corrected chi connectivity index (χ3v) is 10.2. The first-order chi connectivity index (χ1) is 23.9. The number of ether oxygens (including phenoxy) is 1. The van der Waals surface area contributed by atoms with E-state index in [2.05, 4.69) is 51.0 Å². The molecule has 0 unspecified atom stereocenters.